The normalized spacial score (nSPS) is 11.0. The van der Waals surface area contributed by atoms with Crippen molar-refractivity contribution in [2.75, 3.05) is 5.32 Å². The summed E-state index contributed by atoms with van der Waals surface area (Å²) in [4.78, 5) is 20.2. The van der Waals surface area contributed by atoms with Gasteiger partial charge < -0.3 is 10.6 Å². The van der Waals surface area contributed by atoms with Crippen LogP contribution in [0.25, 0.3) is 0 Å². The van der Waals surface area contributed by atoms with Gasteiger partial charge in [0.15, 0.2) is 0 Å². The van der Waals surface area contributed by atoms with E-state index in [9.17, 15) is 4.79 Å². The summed E-state index contributed by atoms with van der Waals surface area (Å²) in [5, 5.41) is 6.17. The predicted molar refractivity (Wildman–Crippen MR) is 83.0 cm³/mol. The van der Waals surface area contributed by atoms with E-state index < -0.39 is 0 Å². The summed E-state index contributed by atoms with van der Waals surface area (Å²) >= 11 is 0. The molecule has 2 rings (SSSR count). The zero-order valence-electron chi connectivity index (χ0n) is 12.6. The van der Waals surface area contributed by atoms with Crippen LogP contribution in [0, 0.1) is 0 Å². The third-order valence-electron chi connectivity index (χ3n) is 2.73. The van der Waals surface area contributed by atoms with Crippen LogP contribution in [0.1, 0.15) is 36.8 Å². The first-order chi connectivity index (χ1) is 9.94. The molecule has 0 aliphatic rings. The average Bonchev–Trinajstić information content (AvgIpc) is 2.45. The lowest BCUT2D eigenvalue weighted by molar-refractivity contribution is 0.0914. The Balaban J connectivity index is 2.02. The molecule has 2 aromatic rings. The van der Waals surface area contributed by atoms with Crippen molar-refractivity contribution < 1.29 is 4.79 Å². The van der Waals surface area contributed by atoms with E-state index in [1.165, 1.54) is 0 Å². The maximum atomic E-state index is 12.1. The number of carbonyl (C=O) groups is 1. The number of amides is 1. The molecule has 21 heavy (non-hydrogen) atoms. The van der Waals surface area contributed by atoms with Gasteiger partial charge in [0, 0.05) is 36.4 Å². The zero-order chi connectivity index (χ0) is 15.3. The van der Waals surface area contributed by atoms with Gasteiger partial charge in [-0.3, -0.25) is 14.8 Å². The minimum Gasteiger partial charge on any atom is -0.381 e. The summed E-state index contributed by atoms with van der Waals surface area (Å²) < 4.78 is 0. The van der Waals surface area contributed by atoms with Crippen LogP contribution in [0.4, 0.5) is 5.69 Å². The molecule has 0 bridgehead atoms. The fourth-order valence-electron chi connectivity index (χ4n) is 1.77. The first kappa shape index (κ1) is 15.0. The number of rotatable bonds is 4. The van der Waals surface area contributed by atoms with Crippen LogP contribution in [0.5, 0.6) is 0 Å². The number of aromatic nitrogens is 2. The first-order valence-corrected chi connectivity index (χ1v) is 6.85. The molecule has 0 aliphatic heterocycles. The molecule has 0 aromatic carbocycles. The van der Waals surface area contributed by atoms with Crippen molar-refractivity contribution in [3.63, 3.8) is 0 Å². The van der Waals surface area contributed by atoms with Gasteiger partial charge in [0.05, 0.1) is 0 Å². The van der Waals surface area contributed by atoms with Crippen molar-refractivity contribution in [3.8, 4) is 0 Å². The molecule has 0 saturated heterocycles. The largest absolute Gasteiger partial charge is 0.381 e. The molecule has 0 atom stereocenters. The molecule has 0 unspecified atom stereocenters. The Hall–Kier alpha value is -2.43. The molecule has 0 radical (unpaired) electrons. The van der Waals surface area contributed by atoms with Crippen LogP contribution >= 0.6 is 0 Å². The van der Waals surface area contributed by atoms with Gasteiger partial charge in [-0.2, -0.15) is 0 Å². The number of carbonyl (C=O) groups excluding carboxylic acids is 1. The van der Waals surface area contributed by atoms with Gasteiger partial charge in [-0.05, 0) is 50.6 Å². The van der Waals surface area contributed by atoms with Crippen LogP contribution in [-0.4, -0.2) is 21.4 Å². The molecule has 5 nitrogen and oxygen atoms in total. The van der Waals surface area contributed by atoms with Crippen LogP contribution in [0.15, 0.2) is 42.9 Å². The number of hydrogen-bond acceptors (Lipinski definition) is 4. The maximum Gasteiger partial charge on any atom is 0.270 e. The molecule has 0 aliphatic carbocycles. The summed E-state index contributed by atoms with van der Waals surface area (Å²) in [7, 11) is 0. The van der Waals surface area contributed by atoms with Crippen LogP contribution in [0.3, 0.4) is 0 Å². The molecule has 0 saturated carbocycles. The van der Waals surface area contributed by atoms with Crippen LogP contribution in [-0.2, 0) is 6.54 Å². The number of nitrogens with one attached hydrogen (secondary N) is 2. The fraction of sp³-hybridized carbons (Fsp3) is 0.312. The molecular formula is C16H20N4O. The standard InChI is InChI=1S/C16H20N4O/c1-16(2,3)20-15(21)14-10-13(6-9-18-14)19-11-12-4-7-17-8-5-12/h4-10H,11H2,1-3H3,(H,18,19)(H,20,21). The van der Waals surface area contributed by atoms with E-state index in [-0.39, 0.29) is 11.4 Å². The highest BCUT2D eigenvalue weighted by molar-refractivity contribution is 5.93. The number of pyridine rings is 2. The zero-order valence-corrected chi connectivity index (χ0v) is 12.6. The van der Waals surface area contributed by atoms with Gasteiger partial charge in [-0.1, -0.05) is 0 Å². The lowest BCUT2D eigenvalue weighted by Gasteiger charge is -2.20. The highest BCUT2D eigenvalue weighted by Crippen LogP contribution is 2.11. The summed E-state index contributed by atoms with van der Waals surface area (Å²) in [6.07, 6.45) is 5.14. The Morgan fingerprint density at radius 3 is 2.52 bits per heavy atom. The second-order valence-corrected chi connectivity index (χ2v) is 5.84. The Bertz CT molecular complexity index is 605. The summed E-state index contributed by atoms with van der Waals surface area (Å²) in [5.74, 6) is -0.171. The molecule has 0 fully saturated rings. The lowest BCUT2D eigenvalue weighted by atomic mass is 10.1. The molecule has 0 spiro atoms. The van der Waals surface area contributed by atoms with E-state index in [4.69, 9.17) is 0 Å². The van der Waals surface area contributed by atoms with E-state index in [2.05, 4.69) is 20.6 Å². The summed E-state index contributed by atoms with van der Waals surface area (Å²) in [6.45, 7) is 6.50. The second kappa shape index (κ2) is 6.35. The Morgan fingerprint density at radius 1 is 1.14 bits per heavy atom. The van der Waals surface area contributed by atoms with Crippen molar-refractivity contribution in [1.29, 1.82) is 0 Å². The fourth-order valence-corrected chi connectivity index (χ4v) is 1.77. The molecule has 110 valence electrons. The Labute approximate surface area is 124 Å². The van der Waals surface area contributed by atoms with Crippen molar-refractivity contribution >= 4 is 11.6 Å². The topological polar surface area (TPSA) is 66.9 Å². The van der Waals surface area contributed by atoms with Crippen molar-refractivity contribution in [2.24, 2.45) is 0 Å². The summed E-state index contributed by atoms with van der Waals surface area (Å²) in [5.41, 5.74) is 2.12. The van der Waals surface area contributed by atoms with Crippen molar-refractivity contribution in [1.82, 2.24) is 15.3 Å². The van der Waals surface area contributed by atoms with Gasteiger partial charge in [-0.25, -0.2) is 0 Å². The van der Waals surface area contributed by atoms with E-state index in [1.54, 1.807) is 24.7 Å². The van der Waals surface area contributed by atoms with Gasteiger partial charge in [0.2, 0.25) is 0 Å². The van der Waals surface area contributed by atoms with Crippen molar-refractivity contribution in [3.05, 3.63) is 54.1 Å². The van der Waals surface area contributed by atoms with Crippen LogP contribution < -0.4 is 10.6 Å². The molecule has 2 aromatic heterocycles. The minimum atomic E-state index is -0.279. The minimum absolute atomic E-state index is 0.171. The van der Waals surface area contributed by atoms with Crippen molar-refractivity contribution in [2.45, 2.75) is 32.9 Å². The van der Waals surface area contributed by atoms with E-state index in [1.807, 2.05) is 39.0 Å². The molecule has 5 heteroatoms. The van der Waals surface area contributed by atoms with Gasteiger partial charge >= 0.3 is 0 Å². The smallest absolute Gasteiger partial charge is 0.270 e. The molecule has 1 amide bonds. The Morgan fingerprint density at radius 2 is 1.86 bits per heavy atom. The Kier molecular flexibility index (Phi) is 4.52. The number of nitrogens with zero attached hydrogens (tertiary/aromatic N) is 2. The third-order valence-corrected chi connectivity index (χ3v) is 2.73. The van der Waals surface area contributed by atoms with Gasteiger partial charge in [0.25, 0.3) is 5.91 Å². The first-order valence-electron chi connectivity index (χ1n) is 6.85. The van der Waals surface area contributed by atoms with Crippen LogP contribution in [0.2, 0.25) is 0 Å². The highest BCUT2D eigenvalue weighted by Gasteiger charge is 2.16. The van der Waals surface area contributed by atoms with E-state index in [0.29, 0.717) is 12.2 Å². The maximum absolute atomic E-state index is 12.1. The average molecular weight is 284 g/mol. The van der Waals surface area contributed by atoms with E-state index in [0.717, 1.165) is 11.3 Å². The lowest BCUT2D eigenvalue weighted by Crippen LogP contribution is -2.40. The predicted octanol–water partition coefficient (Wildman–Crippen LogP) is 2.62. The highest BCUT2D eigenvalue weighted by atomic mass is 16.2. The molecular weight excluding hydrogens is 264 g/mol. The second-order valence-electron chi connectivity index (χ2n) is 5.84. The summed E-state index contributed by atoms with van der Waals surface area (Å²) in [6, 6.07) is 7.49. The van der Waals surface area contributed by atoms with Gasteiger partial charge in [0.1, 0.15) is 5.69 Å². The van der Waals surface area contributed by atoms with Gasteiger partial charge in [-0.15, -0.1) is 0 Å². The monoisotopic (exact) mass is 284 g/mol. The number of hydrogen-bond donors (Lipinski definition) is 2. The third kappa shape index (κ3) is 4.87. The molecule has 2 heterocycles. The number of anilines is 1. The SMILES string of the molecule is CC(C)(C)NC(=O)c1cc(NCc2ccncc2)ccn1. The quantitative estimate of drug-likeness (QED) is 0.905. The van der Waals surface area contributed by atoms with E-state index >= 15 is 0 Å². The molecule has 2 N–H and O–H groups in total.